The van der Waals surface area contributed by atoms with Crippen molar-refractivity contribution in [2.24, 2.45) is 0 Å². The second-order valence-electron chi connectivity index (χ2n) is 4.22. The SMILES string of the molecule is O=C(Nc1ccc(Cl)cc1F)c1cc(-c2cccs2)[nH]n1. The zero-order valence-corrected chi connectivity index (χ0v) is 12.1. The first-order chi connectivity index (χ1) is 10.1. The topological polar surface area (TPSA) is 57.8 Å². The lowest BCUT2D eigenvalue weighted by Crippen LogP contribution is -2.13. The quantitative estimate of drug-likeness (QED) is 0.760. The predicted octanol–water partition coefficient (Wildman–Crippen LogP) is 4.18. The van der Waals surface area contributed by atoms with Gasteiger partial charge in [-0.2, -0.15) is 5.10 Å². The Morgan fingerprint density at radius 3 is 2.90 bits per heavy atom. The van der Waals surface area contributed by atoms with Gasteiger partial charge in [-0.05, 0) is 35.7 Å². The molecule has 0 aliphatic heterocycles. The van der Waals surface area contributed by atoms with Crippen LogP contribution in [0.3, 0.4) is 0 Å². The highest BCUT2D eigenvalue weighted by molar-refractivity contribution is 7.13. The molecule has 3 aromatic rings. The maximum absolute atomic E-state index is 13.6. The van der Waals surface area contributed by atoms with Crippen molar-refractivity contribution < 1.29 is 9.18 Å². The largest absolute Gasteiger partial charge is 0.318 e. The number of carbonyl (C=O) groups excluding carboxylic acids is 1. The third kappa shape index (κ3) is 2.96. The van der Waals surface area contributed by atoms with Gasteiger partial charge in [0.25, 0.3) is 5.91 Å². The molecule has 0 saturated heterocycles. The Labute approximate surface area is 128 Å². The number of hydrogen-bond acceptors (Lipinski definition) is 3. The monoisotopic (exact) mass is 321 g/mol. The van der Waals surface area contributed by atoms with E-state index in [2.05, 4.69) is 15.5 Å². The lowest BCUT2D eigenvalue weighted by molar-refractivity contribution is 0.102. The first-order valence-electron chi connectivity index (χ1n) is 5.99. The summed E-state index contributed by atoms with van der Waals surface area (Å²) in [7, 11) is 0. The molecular weight excluding hydrogens is 313 g/mol. The zero-order chi connectivity index (χ0) is 14.8. The molecule has 106 valence electrons. The standard InChI is InChI=1S/C14H9ClFN3OS/c15-8-3-4-10(9(16)6-8)17-14(20)12-7-11(18-19-12)13-2-1-5-21-13/h1-7H,(H,17,20)(H,18,19). The number of nitrogens with zero attached hydrogens (tertiary/aromatic N) is 1. The van der Waals surface area contributed by atoms with E-state index in [-0.39, 0.29) is 16.4 Å². The number of hydrogen-bond donors (Lipinski definition) is 2. The highest BCUT2D eigenvalue weighted by Crippen LogP contribution is 2.24. The van der Waals surface area contributed by atoms with Crippen LogP contribution in [0.5, 0.6) is 0 Å². The molecule has 0 fully saturated rings. The van der Waals surface area contributed by atoms with Gasteiger partial charge in [-0.3, -0.25) is 9.89 Å². The molecule has 0 spiro atoms. The number of aromatic amines is 1. The van der Waals surface area contributed by atoms with Crippen LogP contribution in [0.4, 0.5) is 10.1 Å². The van der Waals surface area contributed by atoms with Gasteiger partial charge in [-0.1, -0.05) is 17.7 Å². The maximum Gasteiger partial charge on any atom is 0.276 e. The molecule has 0 saturated carbocycles. The van der Waals surface area contributed by atoms with Crippen LogP contribution in [0.2, 0.25) is 5.02 Å². The molecule has 3 rings (SSSR count). The third-order valence-corrected chi connectivity index (χ3v) is 3.91. The first-order valence-corrected chi connectivity index (χ1v) is 7.25. The Bertz CT molecular complexity index is 785. The summed E-state index contributed by atoms with van der Waals surface area (Å²) in [5.41, 5.74) is 0.990. The molecule has 0 atom stereocenters. The Morgan fingerprint density at radius 2 is 2.19 bits per heavy atom. The highest BCUT2D eigenvalue weighted by Gasteiger charge is 2.14. The molecule has 2 heterocycles. The summed E-state index contributed by atoms with van der Waals surface area (Å²) in [5.74, 6) is -1.08. The summed E-state index contributed by atoms with van der Waals surface area (Å²) >= 11 is 7.19. The van der Waals surface area contributed by atoms with Crippen LogP contribution < -0.4 is 5.32 Å². The Kier molecular flexibility index (Phi) is 3.72. The van der Waals surface area contributed by atoms with E-state index in [0.717, 1.165) is 16.6 Å². The van der Waals surface area contributed by atoms with Gasteiger partial charge in [0.1, 0.15) is 5.82 Å². The fraction of sp³-hybridized carbons (Fsp3) is 0. The van der Waals surface area contributed by atoms with E-state index in [9.17, 15) is 9.18 Å². The molecular formula is C14H9ClFN3OS. The van der Waals surface area contributed by atoms with Crippen molar-refractivity contribution in [1.82, 2.24) is 10.2 Å². The molecule has 0 radical (unpaired) electrons. The van der Waals surface area contributed by atoms with Crippen LogP contribution in [0.25, 0.3) is 10.6 Å². The number of thiophene rings is 1. The van der Waals surface area contributed by atoms with Gasteiger partial charge in [0.2, 0.25) is 0 Å². The van der Waals surface area contributed by atoms with Crippen LogP contribution in [0, 0.1) is 5.82 Å². The number of anilines is 1. The fourth-order valence-electron chi connectivity index (χ4n) is 1.77. The average Bonchev–Trinajstić information content (AvgIpc) is 3.10. The lowest BCUT2D eigenvalue weighted by atomic mass is 10.2. The summed E-state index contributed by atoms with van der Waals surface area (Å²) in [6.07, 6.45) is 0. The summed E-state index contributed by atoms with van der Waals surface area (Å²) in [4.78, 5) is 13.0. The number of benzene rings is 1. The van der Waals surface area contributed by atoms with Crippen LogP contribution in [0.1, 0.15) is 10.5 Å². The summed E-state index contributed by atoms with van der Waals surface area (Å²) < 4.78 is 13.6. The van der Waals surface area contributed by atoms with Gasteiger partial charge in [0.15, 0.2) is 5.69 Å². The zero-order valence-electron chi connectivity index (χ0n) is 10.6. The number of amides is 1. The van der Waals surface area contributed by atoms with E-state index >= 15 is 0 Å². The highest BCUT2D eigenvalue weighted by atomic mass is 35.5. The Morgan fingerprint density at radius 1 is 1.33 bits per heavy atom. The number of aromatic nitrogens is 2. The van der Waals surface area contributed by atoms with Crippen LogP contribution >= 0.6 is 22.9 Å². The van der Waals surface area contributed by atoms with Crippen LogP contribution in [-0.2, 0) is 0 Å². The van der Waals surface area contributed by atoms with Crippen LogP contribution in [0.15, 0.2) is 41.8 Å². The number of halogens is 2. The van der Waals surface area contributed by atoms with E-state index in [4.69, 9.17) is 11.6 Å². The van der Waals surface area contributed by atoms with Gasteiger partial charge < -0.3 is 5.32 Å². The second kappa shape index (κ2) is 5.67. The molecule has 1 amide bonds. The van der Waals surface area contributed by atoms with E-state index in [1.165, 1.54) is 23.5 Å². The number of nitrogens with one attached hydrogen (secondary N) is 2. The summed E-state index contributed by atoms with van der Waals surface area (Å²) in [6, 6.07) is 9.49. The third-order valence-electron chi connectivity index (χ3n) is 2.78. The molecule has 0 aliphatic rings. The fourth-order valence-corrected chi connectivity index (χ4v) is 2.62. The van der Waals surface area contributed by atoms with Gasteiger partial charge in [0.05, 0.1) is 16.3 Å². The molecule has 1 aromatic carbocycles. The summed E-state index contributed by atoms with van der Waals surface area (Å²) in [6.45, 7) is 0. The number of H-pyrrole nitrogens is 1. The normalized spacial score (nSPS) is 10.6. The average molecular weight is 322 g/mol. The smallest absolute Gasteiger partial charge is 0.276 e. The van der Waals surface area contributed by atoms with E-state index in [1.807, 2.05) is 17.5 Å². The van der Waals surface area contributed by atoms with Crippen molar-refractivity contribution in [2.75, 3.05) is 5.32 Å². The number of carbonyl (C=O) groups is 1. The second-order valence-corrected chi connectivity index (χ2v) is 5.61. The van der Waals surface area contributed by atoms with Crippen molar-refractivity contribution in [3.63, 3.8) is 0 Å². The molecule has 0 unspecified atom stereocenters. The lowest BCUT2D eigenvalue weighted by Gasteiger charge is -2.04. The van der Waals surface area contributed by atoms with Crippen molar-refractivity contribution in [1.29, 1.82) is 0 Å². The molecule has 2 N–H and O–H groups in total. The first kappa shape index (κ1) is 13.8. The molecule has 0 aliphatic carbocycles. The maximum atomic E-state index is 13.6. The van der Waals surface area contributed by atoms with Crippen molar-refractivity contribution in [3.05, 3.63) is 58.3 Å². The number of rotatable bonds is 3. The van der Waals surface area contributed by atoms with E-state index in [1.54, 1.807) is 6.07 Å². The molecule has 21 heavy (non-hydrogen) atoms. The van der Waals surface area contributed by atoms with Gasteiger partial charge in [-0.25, -0.2) is 4.39 Å². The van der Waals surface area contributed by atoms with Crippen molar-refractivity contribution in [2.45, 2.75) is 0 Å². The molecule has 0 bridgehead atoms. The minimum absolute atomic E-state index is 0.0603. The van der Waals surface area contributed by atoms with Crippen molar-refractivity contribution >= 4 is 34.5 Å². The van der Waals surface area contributed by atoms with Crippen molar-refractivity contribution in [3.8, 4) is 10.6 Å². The minimum atomic E-state index is -0.593. The van der Waals surface area contributed by atoms with E-state index in [0.29, 0.717) is 0 Å². The van der Waals surface area contributed by atoms with Crippen LogP contribution in [-0.4, -0.2) is 16.1 Å². The Hall–Kier alpha value is -2.18. The minimum Gasteiger partial charge on any atom is -0.318 e. The van der Waals surface area contributed by atoms with E-state index < -0.39 is 11.7 Å². The van der Waals surface area contributed by atoms with Gasteiger partial charge >= 0.3 is 0 Å². The van der Waals surface area contributed by atoms with Gasteiger partial charge in [0, 0.05) is 5.02 Å². The molecule has 7 heteroatoms. The Balaban J connectivity index is 1.79. The molecule has 4 nitrogen and oxygen atoms in total. The summed E-state index contributed by atoms with van der Waals surface area (Å²) in [5, 5.41) is 11.4. The van der Waals surface area contributed by atoms with Gasteiger partial charge in [-0.15, -0.1) is 11.3 Å². The molecule has 2 aromatic heterocycles. The predicted molar refractivity (Wildman–Crippen MR) is 81.3 cm³/mol.